The van der Waals surface area contributed by atoms with Crippen LogP contribution >= 0.6 is 11.3 Å². The number of carbonyl (C=O) groups is 1. The van der Waals surface area contributed by atoms with Crippen molar-refractivity contribution in [2.75, 3.05) is 25.1 Å². The maximum absolute atomic E-state index is 12.6. The molecule has 154 valence electrons. The van der Waals surface area contributed by atoms with Crippen molar-refractivity contribution in [2.24, 2.45) is 0 Å². The van der Waals surface area contributed by atoms with Gasteiger partial charge < -0.3 is 9.47 Å². The first-order valence-corrected chi connectivity index (χ1v) is 11.0. The van der Waals surface area contributed by atoms with Gasteiger partial charge in [0.05, 0.1) is 12.9 Å². The monoisotopic (exact) mass is 421 g/mol. The van der Waals surface area contributed by atoms with Crippen molar-refractivity contribution < 1.29 is 4.79 Å². The van der Waals surface area contributed by atoms with E-state index >= 15 is 0 Å². The molecule has 1 saturated heterocycles. The summed E-state index contributed by atoms with van der Waals surface area (Å²) in [7, 11) is 0. The van der Waals surface area contributed by atoms with Crippen molar-refractivity contribution in [2.45, 2.75) is 26.8 Å². The second kappa shape index (κ2) is 7.24. The van der Waals surface area contributed by atoms with E-state index in [9.17, 15) is 4.79 Å². The lowest BCUT2D eigenvalue weighted by Gasteiger charge is -2.19. The van der Waals surface area contributed by atoms with E-state index < -0.39 is 0 Å². The number of anilines is 1. The SMILES string of the molecule is CCN1CCN(Nc2nc(-c3csc4ccccc34)nc3c2ncn3C(C)C)C1=O. The lowest BCUT2D eigenvalue weighted by Crippen LogP contribution is -2.36. The summed E-state index contributed by atoms with van der Waals surface area (Å²) in [6.07, 6.45) is 1.79. The highest BCUT2D eigenvalue weighted by Crippen LogP contribution is 2.34. The van der Waals surface area contributed by atoms with Crippen LogP contribution in [0.15, 0.2) is 36.0 Å². The van der Waals surface area contributed by atoms with Gasteiger partial charge >= 0.3 is 6.03 Å². The van der Waals surface area contributed by atoms with Crippen LogP contribution in [-0.2, 0) is 0 Å². The van der Waals surface area contributed by atoms with E-state index in [2.05, 4.69) is 41.8 Å². The number of nitrogens with zero attached hydrogens (tertiary/aromatic N) is 6. The molecule has 30 heavy (non-hydrogen) atoms. The normalized spacial score (nSPS) is 14.6. The van der Waals surface area contributed by atoms with Gasteiger partial charge in [-0.2, -0.15) is 0 Å². The number of hydrazine groups is 1. The van der Waals surface area contributed by atoms with E-state index in [1.165, 1.54) is 4.70 Å². The maximum atomic E-state index is 12.6. The fourth-order valence-electron chi connectivity index (χ4n) is 3.75. The molecular formula is C21H23N7OS. The van der Waals surface area contributed by atoms with E-state index in [1.54, 1.807) is 27.6 Å². The summed E-state index contributed by atoms with van der Waals surface area (Å²) in [6, 6.07) is 8.40. The summed E-state index contributed by atoms with van der Waals surface area (Å²) in [6.45, 7) is 8.15. The Morgan fingerprint density at radius 1 is 1.20 bits per heavy atom. The Morgan fingerprint density at radius 2 is 2.03 bits per heavy atom. The summed E-state index contributed by atoms with van der Waals surface area (Å²) < 4.78 is 3.22. The van der Waals surface area contributed by atoms with Crippen LogP contribution in [0.1, 0.15) is 26.8 Å². The molecule has 1 N–H and O–H groups in total. The highest BCUT2D eigenvalue weighted by atomic mass is 32.1. The van der Waals surface area contributed by atoms with Crippen LogP contribution < -0.4 is 5.43 Å². The smallest absolute Gasteiger partial charge is 0.322 e. The fraction of sp³-hybridized carbons (Fsp3) is 0.333. The van der Waals surface area contributed by atoms with Crippen molar-refractivity contribution in [1.29, 1.82) is 0 Å². The zero-order valence-corrected chi connectivity index (χ0v) is 18.0. The molecule has 5 rings (SSSR count). The number of likely N-dealkylation sites (N-methyl/N-ethyl adjacent to an activating group) is 1. The van der Waals surface area contributed by atoms with Crippen LogP contribution in [0.3, 0.4) is 0 Å². The van der Waals surface area contributed by atoms with E-state index in [1.807, 2.05) is 23.6 Å². The predicted octanol–water partition coefficient (Wildman–Crippen LogP) is 4.37. The van der Waals surface area contributed by atoms with E-state index in [0.29, 0.717) is 36.8 Å². The van der Waals surface area contributed by atoms with Gasteiger partial charge in [0.1, 0.15) is 0 Å². The minimum Gasteiger partial charge on any atom is -0.322 e. The second-order valence-corrected chi connectivity index (χ2v) is 8.50. The van der Waals surface area contributed by atoms with Gasteiger partial charge in [0.25, 0.3) is 0 Å². The molecule has 9 heteroatoms. The summed E-state index contributed by atoms with van der Waals surface area (Å²) in [4.78, 5) is 28.6. The number of nitrogens with one attached hydrogen (secondary N) is 1. The number of aromatic nitrogens is 4. The zero-order valence-electron chi connectivity index (χ0n) is 17.2. The Hall–Kier alpha value is -3.20. The van der Waals surface area contributed by atoms with Gasteiger partial charge in [-0.15, -0.1) is 11.3 Å². The number of thiophene rings is 1. The molecule has 4 aromatic rings. The first-order valence-electron chi connectivity index (χ1n) is 10.1. The highest BCUT2D eigenvalue weighted by Gasteiger charge is 2.29. The third kappa shape index (κ3) is 2.97. The number of rotatable bonds is 5. The van der Waals surface area contributed by atoms with Crippen molar-refractivity contribution in [3.63, 3.8) is 0 Å². The standard InChI is InChI=1S/C21H23N7OS/c1-4-26-9-10-28(21(26)29)25-19-17-20(27(12-22-17)13(2)3)24-18(23-19)15-11-30-16-8-6-5-7-14(15)16/h5-8,11-13H,4,9-10H2,1-3H3,(H,23,24,25). The second-order valence-electron chi connectivity index (χ2n) is 7.58. The fourth-order valence-corrected chi connectivity index (χ4v) is 4.69. The van der Waals surface area contributed by atoms with Crippen molar-refractivity contribution >= 4 is 44.4 Å². The number of carbonyl (C=O) groups excluding carboxylic acids is 1. The topological polar surface area (TPSA) is 79.2 Å². The molecule has 0 aliphatic carbocycles. The van der Waals surface area contributed by atoms with Gasteiger partial charge in [0, 0.05) is 40.2 Å². The van der Waals surface area contributed by atoms with Crippen LogP contribution in [-0.4, -0.2) is 55.1 Å². The average molecular weight is 422 g/mol. The molecule has 2 amide bonds. The zero-order chi connectivity index (χ0) is 20.8. The molecule has 0 unspecified atom stereocenters. The van der Waals surface area contributed by atoms with Gasteiger partial charge in [0.2, 0.25) is 0 Å². The van der Waals surface area contributed by atoms with Crippen LogP contribution in [0, 0.1) is 0 Å². The van der Waals surface area contributed by atoms with Crippen molar-refractivity contribution in [1.82, 2.24) is 29.4 Å². The quantitative estimate of drug-likeness (QED) is 0.518. The van der Waals surface area contributed by atoms with Gasteiger partial charge in [0.15, 0.2) is 22.8 Å². The number of amides is 2. The number of imidazole rings is 1. The van der Waals surface area contributed by atoms with Crippen LogP contribution in [0.25, 0.3) is 32.6 Å². The van der Waals surface area contributed by atoms with E-state index in [0.717, 1.165) is 16.6 Å². The first kappa shape index (κ1) is 18.8. The lowest BCUT2D eigenvalue weighted by molar-refractivity contribution is 0.200. The van der Waals surface area contributed by atoms with Crippen molar-refractivity contribution in [3.05, 3.63) is 36.0 Å². The van der Waals surface area contributed by atoms with Crippen LogP contribution in [0.4, 0.5) is 10.6 Å². The Balaban J connectivity index is 1.65. The van der Waals surface area contributed by atoms with Gasteiger partial charge in [-0.1, -0.05) is 18.2 Å². The molecule has 1 fully saturated rings. The van der Waals surface area contributed by atoms with Crippen LogP contribution in [0.2, 0.25) is 0 Å². The molecule has 3 aromatic heterocycles. The van der Waals surface area contributed by atoms with Gasteiger partial charge in [-0.05, 0) is 26.8 Å². The number of fused-ring (bicyclic) bond motifs is 2. The molecule has 8 nitrogen and oxygen atoms in total. The molecule has 0 radical (unpaired) electrons. The summed E-state index contributed by atoms with van der Waals surface area (Å²) in [5.41, 5.74) is 5.62. The number of hydrogen-bond donors (Lipinski definition) is 1. The third-order valence-corrected chi connectivity index (χ3v) is 6.38. The highest BCUT2D eigenvalue weighted by molar-refractivity contribution is 7.17. The van der Waals surface area contributed by atoms with E-state index in [-0.39, 0.29) is 12.1 Å². The van der Waals surface area contributed by atoms with E-state index in [4.69, 9.17) is 9.97 Å². The molecule has 0 saturated carbocycles. The first-order chi connectivity index (χ1) is 14.6. The Kier molecular flexibility index (Phi) is 4.54. The Labute approximate surface area is 178 Å². The summed E-state index contributed by atoms with van der Waals surface area (Å²) >= 11 is 1.68. The molecule has 1 aliphatic heterocycles. The molecular weight excluding hydrogens is 398 g/mol. The molecule has 4 heterocycles. The third-order valence-electron chi connectivity index (χ3n) is 5.42. The van der Waals surface area contributed by atoms with Gasteiger partial charge in [-0.25, -0.2) is 24.8 Å². The van der Waals surface area contributed by atoms with Crippen molar-refractivity contribution in [3.8, 4) is 11.4 Å². The molecule has 1 aliphatic rings. The minimum absolute atomic E-state index is 0.0462. The molecule has 0 atom stereocenters. The number of hydrogen-bond acceptors (Lipinski definition) is 6. The molecule has 0 spiro atoms. The Bertz CT molecular complexity index is 1240. The molecule has 0 bridgehead atoms. The number of benzene rings is 1. The lowest BCUT2D eigenvalue weighted by atomic mass is 10.1. The largest absolute Gasteiger partial charge is 0.338 e. The number of urea groups is 1. The van der Waals surface area contributed by atoms with Gasteiger partial charge in [-0.3, -0.25) is 5.43 Å². The minimum atomic E-state index is -0.0462. The average Bonchev–Trinajstić information content (AvgIpc) is 3.45. The maximum Gasteiger partial charge on any atom is 0.338 e. The van der Waals surface area contributed by atoms with Crippen LogP contribution in [0.5, 0.6) is 0 Å². The Morgan fingerprint density at radius 3 is 2.80 bits per heavy atom. The molecule has 1 aromatic carbocycles. The predicted molar refractivity (Wildman–Crippen MR) is 119 cm³/mol. The summed E-state index contributed by atoms with van der Waals surface area (Å²) in [5, 5.41) is 4.82. The summed E-state index contributed by atoms with van der Waals surface area (Å²) in [5.74, 6) is 1.18.